The summed E-state index contributed by atoms with van der Waals surface area (Å²) in [6.07, 6.45) is 3.28. The molecular weight excluding hydrogens is 542 g/mol. The molecule has 1 aliphatic carbocycles. The molecule has 0 radical (unpaired) electrons. The molecule has 0 bridgehead atoms. The Morgan fingerprint density at radius 2 is 1.77 bits per heavy atom. The van der Waals surface area contributed by atoms with Crippen LogP contribution in [-0.2, 0) is 19.1 Å². The van der Waals surface area contributed by atoms with Gasteiger partial charge in [0.05, 0.1) is 22.6 Å². The first-order chi connectivity index (χ1) is 18.0. The number of hydrogen-bond acceptors (Lipinski definition) is 6. The van der Waals surface area contributed by atoms with E-state index in [1.54, 1.807) is 13.0 Å². The molecule has 11 heteroatoms. The highest BCUT2D eigenvalue weighted by molar-refractivity contribution is 7.90. The van der Waals surface area contributed by atoms with Crippen LogP contribution in [0.5, 0.6) is 0 Å². The minimum absolute atomic E-state index is 0.0239. The standard InChI is InChI=1S/C28H31BClFN2O5S/c1-15-14-32-21(17-9-8-10-23(25(17)31)39(7,35)36)13-22(15)33-16(2)11-19(24(30)26(33)34)18-12-20(18)29-37-27(3,4)28(5,6)38-29/h8-11,13-14,18,20H,12H2,1-7H3/t18-,20+/m1/s1. The minimum atomic E-state index is -3.78. The number of aryl methyl sites for hydroxylation is 2. The van der Waals surface area contributed by atoms with Crippen LogP contribution < -0.4 is 5.56 Å². The number of pyridine rings is 2. The molecule has 0 spiro atoms. The number of sulfone groups is 1. The lowest BCUT2D eigenvalue weighted by Gasteiger charge is -2.32. The molecule has 3 aromatic rings. The Bertz CT molecular complexity index is 1660. The average Bonchev–Trinajstić information content (AvgIpc) is 3.58. The maximum atomic E-state index is 15.2. The van der Waals surface area contributed by atoms with Crippen LogP contribution in [0, 0.1) is 19.7 Å². The van der Waals surface area contributed by atoms with E-state index in [1.165, 1.54) is 29.0 Å². The molecule has 7 nitrogen and oxygen atoms in total. The molecule has 0 amide bonds. The van der Waals surface area contributed by atoms with Crippen molar-refractivity contribution in [2.24, 2.45) is 0 Å². The second-order valence-electron chi connectivity index (χ2n) is 11.6. The van der Waals surface area contributed by atoms with Gasteiger partial charge >= 0.3 is 7.12 Å². The summed E-state index contributed by atoms with van der Waals surface area (Å²) in [6.45, 7) is 11.7. The largest absolute Gasteiger partial charge is 0.461 e. The van der Waals surface area contributed by atoms with Gasteiger partial charge in [-0.05, 0) is 89.3 Å². The van der Waals surface area contributed by atoms with E-state index in [1.807, 2.05) is 40.7 Å². The third-order valence-electron chi connectivity index (χ3n) is 8.18. The van der Waals surface area contributed by atoms with Crippen molar-refractivity contribution in [3.8, 4) is 16.9 Å². The van der Waals surface area contributed by atoms with Crippen LogP contribution in [0.15, 0.2) is 46.2 Å². The summed E-state index contributed by atoms with van der Waals surface area (Å²) in [5, 5.41) is 0.118. The molecular formula is C28H31BClFN2O5S. The average molecular weight is 573 g/mol. The third kappa shape index (κ3) is 4.75. The Labute approximate surface area is 233 Å². The molecule has 2 atom stereocenters. The van der Waals surface area contributed by atoms with Gasteiger partial charge in [0.25, 0.3) is 5.56 Å². The topological polar surface area (TPSA) is 87.5 Å². The van der Waals surface area contributed by atoms with Crippen LogP contribution in [0.2, 0.25) is 10.8 Å². The zero-order valence-corrected chi connectivity index (χ0v) is 24.6. The van der Waals surface area contributed by atoms with E-state index >= 15 is 4.39 Å². The fourth-order valence-corrected chi connectivity index (χ4v) is 6.18. The van der Waals surface area contributed by atoms with Crippen molar-refractivity contribution in [2.45, 2.75) is 75.8 Å². The van der Waals surface area contributed by atoms with E-state index in [4.69, 9.17) is 20.9 Å². The van der Waals surface area contributed by atoms with Gasteiger partial charge in [-0.3, -0.25) is 14.3 Å². The Morgan fingerprint density at radius 1 is 1.13 bits per heavy atom. The molecule has 2 aromatic heterocycles. The number of rotatable bonds is 5. The smallest absolute Gasteiger partial charge is 0.403 e. The first kappa shape index (κ1) is 28.0. The molecule has 1 aliphatic heterocycles. The number of benzene rings is 1. The van der Waals surface area contributed by atoms with Gasteiger partial charge in [-0.2, -0.15) is 0 Å². The number of aromatic nitrogens is 2. The molecule has 0 unspecified atom stereocenters. The van der Waals surface area contributed by atoms with Gasteiger partial charge in [-0.1, -0.05) is 17.7 Å². The van der Waals surface area contributed by atoms with Crippen LogP contribution in [0.1, 0.15) is 56.9 Å². The van der Waals surface area contributed by atoms with E-state index < -0.39 is 37.3 Å². The summed E-state index contributed by atoms with van der Waals surface area (Å²) in [6, 6.07) is 7.62. The van der Waals surface area contributed by atoms with Crippen molar-refractivity contribution in [3.05, 3.63) is 74.5 Å². The summed E-state index contributed by atoms with van der Waals surface area (Å²) >= 11 is 6.69. The van der Waals surface area contributed by atoms with Crippen LogP contribution in [-0.4, -0.2) is 42.5 Å². The fourth-order valence-electron chi connectivity index (χ4n) is 5.14. The molecule has 3 heterocycles. The highest BCUT2D eigenvalue weighted by Crippen LogP contribution is 2.59. The first-order valence-corrected chi connectivity index (χ1v) is 15.0. The summed E-state index contributed by atoms with van der Waals surface area (Å²) in [5.74, 6) is -0.755. The Balaban J connectivity index is 1.52. The van der Waals surface area contributed by atoms with Crippen molar-refractivity contribution in [1.29, 1.82) is 0 Å². The lowest BCUT2D eigenvalue weighted by Crippen LogP contribution is -2.41. The predicted octanol–water partition coefficient (Wildman–Crippen LogP) is 5.66. The molecule has 1 saturated heterocycles. The number of halogens is 2. The van der Waals surface area contributed by atoms with Gasteiger partial charge in [-0.25, -0.2) is 12.8 Å². The molecule has 1 saturated carbocycles. The van der Waals surface area contributed by atoms with Crippen LogP contribution in [0.25, 0.3) is 16.9 Å². The lowest BCUT2D eigenvalue weighted by molar-refractivity contribution is 0.00578. The van der Waals surface area contributed by atoms with Crippen molar-refractivity contribution in [2.75, 3.05) is 6.26 Å². The van der Waals surface area contributed by atoms with Crippen molar-refractivity contribution in [1.82, 2.24) is 9.55 Å². The minimum Gasteiger partial charge on any atom is -0.403 e. The van der Waals surface area contributed by atoms with E-state index in [9.17, 15) is 13.2 Å². The zero-order chi connectivity index (χ0) is 28.7. The summed E-state index contributed by atoms with van der Waals surface area (Å²) in [7, 11) is -4.15. The summed E-state index contributed by atoms with van der Waals surface area (Å²) in [5.41, 5.74) is 1.53. The van der Waals surface area contributed by atoms with Gasteiger partial charge in [0.1, 0.15) is 9.92 Å². The van der Waals surface area contributed by atoms with E-state index in [-0.39, 0.29) is 35.1 Å². The molecule has 0 N–H and O–H groups in total. The number of nitrogens with zero attached hydrogens (tertiary/aromatic N) is 2. The first-order valence-electron chi connectivity index (χ1n) is 12.8. The molecule has 2 aliphatic rings. The molecule has 2 fully saturated rings. The maximum absolute atomic E-state index is 15.2. The van der Waals surface area contributed by atoms with Gasteiger partial charge < -0.3 is 9.31 Å². The summed E-state index contributed by atoms with van der Waals surface area (Å²) < 4.78 is 53.2. The van der Waals surface area contributed by atoms with E-state index in [2.05, 4.69) is 4.98 Å². The van der Waals surface area contributed by atoms with Crippen LogP contribution >= 0.6 is 11.6 Å². The Kier molecular flexibility index (Phi) is 6.65. The zero-order valence-electron chi connectivity index (χ0n) is 23.0. The Morgan fingerprint density at radius 3 is 2.38 bits per heavy atom. The highest BCUT2D eigenvalue weighted by Gasteiger charge is 2.60. The molecule has 1 aromatic carbocycles. The second-order valence-corrected chi connectivity index (χ2v) is 13.9. The lowest BCUT2D eigenvalue weighted by atomic mass is 9.79. The van der Waals surface area contributed by atoms with Crippen molar-refractivity contribution in [3.63, 3.8) is 0 Å². The van der Waals surface area contributed by atoms with Gasteiger partial charge in [-0.15, -0.1) is 0 Å². The molecule has 5 rings (SSSR count). The second kappa shape index (κ2) is 9.26. The fraction of sp³-hybridized carbons (Fsp3) is 0.429. The van der Waals surface area contributed by atoms with Crippen molar-refractivity contribution < 1.29 is 22.1 Å². The van der Waals surface area contributed by atoms with Crippen LogP contribution in [0.3, 0.4) is 0 Å². The van der Waals surface area contributed by atoms with E-state index in [0.717, 1.165) is 18.2 Å². The Hall–Kier alpha value is -2.53. The van der Waals surface area contributed by atoms with Crippen molar-refractivity contribution >= 4 is 28.6 Å². The van der Waals surface area contributed by atoms with Gasteiger partial charge in [0.15, 0.2) is 15.7 Å². The predicted molar refractivity (Wildman–Crippen MR) is 150 cm³/mol. The maximum Gasteiger partial charge on any atom is 0.461 e. The van der Waals surface area contributed by atoms with E-state index in [0.29, 0.717) is 16.9 Å². The SMILES string of the molecule is Cc1cnc(-c2cccc(S(C)(=O)=O)c2F)cc1-n1c(C)cc([C@H]2C[C@@H]2B2OC(C)(C)C(C)(C)O2)c(Cl)c1=O. The number of hydrogen-bond donors (Lipinski definition) is 0. The normalized spacial score (nSPS) is 21.8. The van der Waals surface area contributed by atoms with Crippen LogP contribution in [0.4, 0.5) is 4.39 Å². The van der Waals surface area contributed by atoms with Gasteiger partial charge in [0.2, 0.25) is 0 Å². The summed E-state index contributed by atoms with van der Waals surface area (Å²) in [4.78, 5) is 17.5. The highest BCUT2D eigenvalue weighted by atomic mass is 35.5. The quantitative estimate of drug-likeness (QED) is 0.367. The monoisotopic (exact) mass is 572 g/mol. The molecule has 39 heavy (non-hydrogen) atoms. The van der Waals surface area contributed by atoms with Gasteiger partial charge in [0, 0.05) is 29.5 Å². The third-order valence-corrected chi connectivity index (χ3v) is 9.67. The molecule has 206 valence electrons.